The maximum atomic E-state index is 15.4. The third-order valence-corrected chi connectivity index (χ3v) is 4.55. The Morgan fingerprint density at radius 3 is 2.89 bits per heavy atom. The summed E-state index contributed by atoms with van der Waals surface area (Å²) in [6, 6.07) is 5.51. The molecule has 0 radical (unpaired) electrons. The van der Waals surface area contributed by atoms with Crippen molar-refractivity contribution >= 4 is 17.5 Å². The van der Waals surface area contributed by atoms with E-state index in [0.29, 0.717) is 30.5 Å². The Bertz CT molecular complexity index is 926. The van der Waals surface area contributed by atoms with Gasteiger partial charge in [0.05, 0.1) is 18.8 Å². The molecule has 4 rings (SSSR count). The summed E-state index contributed by atoms with van der Waals surface area (Å²) in [5, 5.41) is 2.91. The van der Waals surface area contributed by atoms with Crippen molar-refractivity contribution in [2.45, 2.75) is 18.9 Å². The number of ether oxygens (including phenoxy) is 1. The number of hydrogen-bond donors (Lipinski definition) is 1. The van der Waals surface area contributed by atoms with Crippen LogP contribution in [0.1, 0.15) is 12.8 Å². The number of aromatic nitrogens is 5. The van der Waals surface area contributed by atoms with Crippen molar-refractivity contribution in [2.24, 2.45) is 0 Å². The first kappa shape index (κ1) is 18.2. The fourth-order valence-electron chi connectivity index (χ4n) is 3.28. The lowest BCUT2D eigenvalue weighted by Crippen LogP contribution is -2.34. The van der Waals surface area contributed by atoms with Gasteiger partial charge in [-0.05, 0) is 25.0 Å². The predicted molar refractivity (Wildman–Crippen MR) is 103 cm³/mol. The minimum atomic E-state index is -0.534. The summed E-state index contributed by atoms with van der Waals surface area (Å²) in [7, 11) is 1.65. The Labute approximate surface area is 161 Å². The summed E-state index contributed by atoms with van der Waals surface area (Å²) in [6.45, 7) is 1.21. The van der Waals surface area contributed by atoms with Gasteiger partial charge in [-0.25, -0.2) is 15.0 Å². The highest BCUT2D eigenvalue weighted by Gasteiger charge is 2.30. The van der Waals surface area contributed by atoms with E-state index in [1.807, 2.05) is 17.0 Å². The van der Waals surface area contributed by atoms with Gasteiger partial charge in [0.25, 0.3) is 0 Å². The first-order valence-electron chi connectivity index (χ1n) is 9.04. The van der Waals surface area contributed by atoms with Crippen LogP contribution in [0.25, 0.3) is 11.5 Å². The molecule has 4 heterocycles. The largest absolute Gasteiger partial charge is 0.383 e. The van der Waals surface area contributed by atoms with Crippen molar-refractivity contribution in [3.05, 3.63) is 48.8 Å². The lowest BCUT2D eigenvalue weighted by atomic mass is 10.2. The van der Waals surface area contributed by atoms with Crippen LogP contribution in [0.15, 0.2) is 43.0 Å². The standard InChI is InChI=1S/C19H20FN7O/c1-28-12-13-5-4-10-27(13)19-16(20)18(24-15-11-21-8-9-23-15)25-17(26-19)14-6-2-3-7-22-14/h2-3,6-9,11,13H,4-5,10,12H2,1H3,(H,23,24,25,26)/t13-/m1/s1. The number of nitrogens with one attached hydrogen (secondary N) is 1. The fraction of sp³-hybridized carbons (Fsp3) is 0.316. The third kappa shape index (κ3) is 3.74. The topological polar surface area (TPSA) is 89.0 Å². The number of pyridine rings is 1. The summed E-state index contributed by atoms with van der Waals surface area (Å²) >= 11 is 0. The molecule has 0 aromatic carbocycles. The van der Waals surface area contributed by atoms with Gasteiger partial charge in [-0.15, -0.1) is 0 Å². The zero-order valence-corrected chi connectivity index (χ0v) is 15.4. The molecule has 0 amide bonds. The molecular weight excluding hydrogens is 361 g/mol. The van der Waals surface area contributed by atoms with E-state index in [1.54, 1.807) is 25.6 Å². The second kappa shape index (κ2) is 8.22. The minimum absolute atomic E-state index is 0.0363. The molecule has 1 N–H and O–H groups in total. The number of anilines is 3. The van der Waals surface area contributed by atoms with Gasteiger partial charge in [-0.3, -0.25) is 9.97 Å². The van der Waals surface area contributed by atoms with Crippen LogP contribution >= 0.6 is 0 Å². The number of halogens is 1. The smallest absolute Gasteiger partial charge is 0.208 e. The fourth-order valence-corrected chi connectivity index (χ4v) is 3.28. The second-order valence-corrected chi connectivity index (χ2v) is 6.41. The Balaban J connectivity index is 1.79. The van der Waals surface area contributed by atoms with E-state index in [0.717, 1.165) is 12.8 Å². The molecule has 1 atom stereocenters. The van der Waals surface area contributed by atoms with Crippen molar-refractivity contribution in [3.8, 4) is 11.5 Å². The van der Waals surface area contributed by atoms with Crippen LogP contribution < -0.4 is 10.2 Å². The first-order valence-corrected chi connectivity index (χ1v) is 9.04. The van der Waals surface area contributed by atoms with Crippen molar-refractivity contribution in [1.29, 1.82) is 0 Å². The monoisotopic (exact) mass is 381 g/mol. The molecule has 8 nitrogen and oxygen atoms in total. The molecule has 9 heteroatoms. The lowest BCUT2D eigenvalue weighted by Gasteiger charge is -2.26. The molecule has 1 fully saturated rings. The molecule has 0 spiro atoms. The molecule has 0 unspecified atom stereocenters. The molecule has 28 heavy (non-hydrogen) atoms. The Morgan fingerprint density at radius 2 is 2.14 bits per heavy atom. The zero-order valence-electron chi connectivity index (χ0n) is 15.4. The highest BCUT2D eigenvalue weighted by Crippen LogP contribution is 2.32. The second-order valence-electron chi connectivity index (χ2n) is 6.41. The first-order chi connectivity index (χ1) is 13.8. The summed E-state index contributed by atoms with van der Waals surface area (Å²) < 4.78 is 20.7. The van der Waals surface area contributed by atoms with E-state index in [9.17, 15) is 0 Å². The van der Waals surface area contributed by atoms with Crippen LogP contribution in [0.4, 0.5) is 21.8 Å². The van der Waals surface area contributed by atoms with Gasteiger partial charge in [0.2, 0.25) is 5.82 Å². The van der Waals surface area contributed by atoms with Crippen molar-refractivity contribution < 1.29 is 9.13 Å². The van der Waals surface area contributed by atoms with Crippen LogP contribution in [-0.2, 0) is 4.74 Å². The highest BCUT2D eigenvalue weighted by molar-refractivity contribution is 5.64. The molecule has 1 aliphatic heterocycles. The van der Waals surface area contributed by atoms with Crippen molar-refractivity contribution in [2.75, 3.05) is 30.5 Å². The van der Waals surface area contributed by atoms with Crippen molar-refractivity contribution in [1.82, 2.24) is 24.9 Å². The van der Waals surface area contributed by atoms with Crippen LogP contribution in [-0.4, -0.2) is 51.2 Å². The summed E-state index contributed by atoms with van der Waals surface area (Å²) in [5.41, 5.74) is 0.563. The van der Waals surface area contributed by atoms with E-state index in [-0.39, 0.29) is 17.7 Å². The Hall–Kier alpha value is -3.20. The third-order valence-electron chi connectivity index (χ3n) is 4.55. The van der Waals surface area contributed by atoms with Gasteiger partial charge in [-0.2, -0.15) is 4.39 Å². The van der Waals surface area contributed by atoms with E-state index in [2.05, 4.69) is 30.2 Å². The number of nitrogens with zero attached hydrogens (tertiary/aromatic N) is 6. The van der Waals surface area contributed by atoms with Gasteiger partial charge in [0.15, 0.2) is 17.5 Å². The van der Waals surface area contributed by atoms with E-state index in [4.69, 9.17) is 4.74 Å². The number of methoxy groups -OCH3 is 1. The quantitative estimate of drug-likeness (QED) is 0.697. The maximum Gasteiger partial charge on any atom is 0.208 e. The predicted octanol–water partition coefficient (Wildman–Crippen LogP) is 2.83. The zero-order chi connectivity index (χ0) is 19.3. The highest BCUT2D eigenvalue weighted by atomic mass is 19.1. The van der Waals surface area contributed by atoms with Gasteiger partial charge < -0.3 is 15.0 Å². The lowest BCUT2D eigenvalue weighted by molar-refractivity contribution is 0.180. The number of rotatable bonds is 6. The SMILES string of the molecule is COC[C@H]1CCCN1c1nc(-c2ccccn2)nc(Nc2cnccn2)c1F. The molecule has 0 bridgehead atoms. The van der Waals surface area contributed by atoms with Crippen LogP contribution in [0, 0.1) is 5.82 Å². The number of hydrogen-bond acceptors (Lipinski definition) is 8. The van der Waals surface area contributed by atoms with Crippen LogP contribution in [0.3, 0.4) is 0 Å². The summed E-state index contributed by atoms with van der Waals surface area (Å²) in [6.07, 6.45) is 8.10. The van der Waals surface area contributed by atoms with E-state index >= 15 is 4.39 Å². The molecule has 0 saturated carbocycles. The van der Waals surface area contributed by atoms with E-state index in [1.165, 1.54) is 12.4 Å². The Morgan fingerprint density at radius 1 is 1.21 bits per heavy atom. The van der Waals surface area contributed by atoms with Gasteiger partial charge in [0, 0.05) is 32.2 Å². The molecule has 3 aromatic heterocycles. The molecular formula is C19H20FN7O. The Kier molecular flexibility index (Phi) is 5.34. The normalized spacial score (nSPS) is 16.4. The average Bonchev–Trinajstić information content (AvgIpc) is 3.19. The molecule has 1 saturated heterocycles. The molecule has 144 valence electrons. The molecule has 0 aliphatic carbocycles. The summed E-state index contributed by atoms with van der Waals surface area (Å²) in [5.74, 6) is 0.475. The van der Waals surface area contributed by atoms with Gasteiger partial charge in [0.1, 0.15) is 11.5 Å². The molecule has 3 aromatic rings. The van der Waals surface area contributed by atoms with Crippen LogP contribution in [0.2, 0.25) is 0 Å². The maximum absolute atomic E-state index is 15.4. The van der Waals surface area contributed by atoms with Crippen LogP contribution in [0.5, 0.6) is 0 Å². The van der Waals surface area contributed by atoms with E-state index < -0.39 is 5.82 Å². The minimum Gasteiger partial charge on any atom is -0.383 e. The molecule has 1 aliphatic rings. The summed E-state index contributed by atoms with van der Waals surface area (Å²) in [4.78, 5) is 23.2. The van der Waals surface area contributed by atoms with Gasteiger partial charge in [-0.1, -0.05) is 6.07 Å². The average molecular weight is 381 g/mol. The van der Waals surface area contributed by atoms with Crippen molar-refractivity contribution in [3.63, 3.8) is 0 Å². The van der Waals surface area contributed by atoms with Gasteiger partial charge >= 0.3 is 0 Å².